The van der Waals surface area contributed by atoms with E-state index in [9.17, 15) is 0 Å². The highest BCUT2D eigenvalue weighted by molar-refractivity contribution is 5.28. The van der Waals surface area contributed by atoms with Gasteiger partial charge in [0.2, 0.25) is 0 Å². The number of ether oxygens (including phenoxy) is 1. The summed E-state index contributed by atoms with van der Waals surface area (Å²) in [5.74, 6) is 0.979. The molecule has 0 atom stereocenters. The van der Waals surface area contributed by atoms with Crippen LogP contribution < -0.4 is 10.9 Å². The summed E-state index contributed by atoms with van der Waals surface area (Å²) in [6.45, 7) is 4.89. The van der Waals surface area contributed by atoms with E-state index in [0.717, 1.165) is 18.8 Å². The standard InChI is InChI=1S/C10H14O.H3N/c1-3-9-6-5-7-10(8-9)11-4-2;/h5-8H,3-4H2,1-2H3;1H3. The van der Waals surface area contributed by atoms with E-state index in [2.05, 4.69) is 19.1 Å². The Morgan fingerprint density at radius 2 is 2.00 bits per heavy atom. The van der Waals surface area contributed by atoms with Gasteiger partial charge < -0.3 is 10.9 Å². The minimum absolute atomic E-state index is 0. The fourth-order valence-electron chi connectivity index (χ4n) is 1.02. The van der Waals surface area contributed by atoms with Gasteiger partial charge in [0.25, 0.3) is 0 Å². The zero-order valence-electron chi connectivity index (χ0n) is 7.84. The normalized spacial score (nSPS) is 8.83. The van der Waals surface area contributed by atoms with Gasteiger partial charge in [0, 0.05) is 0 Å². The van der Waals surface area contributed by atoms with Gasteiger partial charge in [0.05, 0.1) is 6.61 Å². The highest BCUT2D eigenvalue weighted by atomic mass is 16.5. The molecule has 0 aromatic heterocycles. The van der Waals surface area contributed by atoms with Crippen LogP contribution in [0.5, 0.6) is 5.75 Å². The van der Waals surface area contributed by atoms with Crippen LogP contribution in [0, 0.1) is 0 Å². The zero-order valence-corrected chi connectivity index (χ0v) is 7.84. The molecule has 0 saturated carbocycles. The molecule has 0 bridgehead atoms. The molecule has 12 heavy (non-hydrogen) atoms. The van der Waals surface area contributed by atoms with E-state index in [1.54, 1.807) is 0 Å². The van der Waals surface area contributed by atoms with E-state index in [1.165, 1.54) is 5.56 Å². The lowest BCUT2D eigenvalue weighted by molar-refractivity contribution is 0.340. The molecule has 1 aromatic rings. The summed E-state index contributed by atoms with van der Waals surface area (Å²) in [6.07, 6.45) is 1.07. The van der Waals surface area contributed by atoms with Crippen molar-refractivity contribution in [2.45, 2.75) is 20.3 Å². The van der Waals surface area contributed by atoms with Gasteiger partial charge in [-0.25, -0.2) is 0 Å². The van der Waals surface area contributed by atoms with Crippen LogP contribution in [0.4, 0.5) is 0 Å². The Bertz CT molecular complexity index is 223. The van der Waals surface area contributed by atoms with Gasteiger partial charge in [-0.3, -0.25) is 0 Å². The fraction of sp³-hybridized carbons (Fsp3) is 0.400. The second-order valence-electron chi connectivity index (χ2n) is 2.43. The van der Waals surface area contributed by atoms with E-state index in [1.807, 2.05) is 19.1 Å². The van der Waals surface area contributed by atoms with E-state index in [0.29, 0.717) is 0 Å². The van der Waals surface area contributed by atoms with Gasteiger partial charge in [-0.1, -0.05) is 19.1 Å². The number of rotatable bonds is 3. The first-order chi connectivity index (χ1) is 5.36. The van der Waals surface area contributed by atoms with Crippen molar-refractivity contribution in [1.29, 1.82) is 0 Å². The maximum absolute atomic E-state index is 5.35. The summed E-state index contributed by atoms with van der Waals surface area (Å²) in [7, 11) is 0. The van der Waals surface area contributed by atoms with Crippen LogP contribution in [0.2, 0.25) is 0 Å². The molecular weight excluding hydrogens is 150 g/mol. The van der Waals surface area contributed by atoms with Gasteiger partial charge in [-0.2, -0.15) is 0 Å². The van der Waals surface area contributed by atoms with E-state index < -0.39 is 0 Å². The molecule has 0 fully saturated rings. The first-order valence-corrected chi connectivity index (χ1v) is 4.08. The summed E-state index contributed by atoms with van der Waals surface area (Å²) < 4.78 is 5.35. The molecule has 68 valence electrons. The number of aryl methyl sites for hydroxylation is 1. The molecule has 2 nitrogen and oxygen atoms in total. The van der Waals surface area contributed by atoms with Crippen molar-refractivity contribution in [2.75, 3.05) is 6.61 Å². The van der Waals surface area contributed by atoms with Crippen molar-refractivity contribution in [1.82, 2.24) is 6.15 Å². The highest BCUT2D eigenvalue weighted by Crippen LogP contribution is 2.12. The molecule has 0 aliphatic rings. The van der Waals surface area contributed by atoms with E-state index >= 15 is 0 Å². The molecule has 3 N–H and O–H groups in total. The molecule has 2 heteroatoms. The van der Waals surface area contributed by atoms with Crippen molar-refractivity contribution in [3.8, 4) is 5.75 Å². The summed E-state index contributed by atoms with van der Waals surface area (Å²) in [5.41, 5.74) is 1.33. The largest absolute Gasteiger partial charge is 0.494 e. The van der Waals surface area contributed by atoms with Crippen LogP contribution in [0.3, 0.4) is 0 Å². The minimum Gasteiger partial charge on any atom is -0.494 e. The van der Waals surface area contributed by atoms with Crippen LogP contribution >= 0.6 is 0 Å². The lowest BCUT2D eigenvalue weighted by Crippen LogP contribution is -1.91. The molecular formula is C10H17NO. The Balaban J connectivity index is 0.00000121. The Kier molecular flexibility index (Phi) is 5.13. The zero-order chi connectivity index (χ0) is 8.10. The van der Waals surface area contributed by atoms with Crippen LogP contribution in [-0.2, 0) is 6.42 Å². The molecule has 0 heterocycles. The number of hydrogen-bond donors (Lipinski definition) is 1. The lowest BCUT2D eigenvalue weighted by Gasteiger charge is -2.03. The van der Waals surface area contributed by atoms with Crippen molar-refractivity contribution < 1.29 is 4.74 Å². The topological polar surface area (TPSA) is 44.2 Å². The average molecular weight is 167 g/mol. The van der Waals surface area contributed by atoms with Crippen molar-refractivity contribution in [3.05, 3.63) is 29.8 Å². The maximum Gasteiger partial charge on any atom is 0.119 e. The van der Waals surface area contributed by atoms with Gasteiger partial charge in [0.15, 0.2) is 0 Å². The fourth-order valence-corrected chi connectivity index (χ4v) is 1.02. The van der Waals surface area contributed by atoms with Crippen molar-refractivity contribution >= 4 is 0 Å². The first-order valence-electron chi connectivity index (χ1n) is 4.08. The first kappa shape index (κ1) is 11.0. The number of benzene rings is 1. The molecule has 1 aromatic carbocycles. The van der Waals surface area contributed by atoms with Crippen LogP contribution in [0.15, 0.2) is 24.3 Å². The lowest BCUT2D eigenvalue weighted by atomic mass is 10.2. The Morgan fingerprint density at radius 3 is 2.58 bits per heavy atom. The summed E-state index contributed by atoms with van der Waals surface area (Å²) >= 11 is 0. The third kappa shape index (κ3) is 2.93. The SMILES string of the molecule is CCOc1cccc(CC)c1.N. The van der Waals surface area contributed by atoms with Crippen molar-refractivity contribution in [3.63, 3.8) is 0 Å². The summed E-state index contributed by atoms with van der Waals surface area (Å²) in [4.78, 5) is 0. The molecule has 0 saturated heterocycles. The Hall–Kier alpha value is -1.02. The third-order valence-corrected chi connectivity index (χ3v) is 1.62. The summed E-state index contributed by atoms with van der Waals surface area (Å²) in [6, 6.07) is 8.22. The molecule has 0 aliphatic carbocycles. The van der Waals surface area contributed by atoms with Gasteiger partial charge in [0.1, 0.15) is 5.75 Å². The monoisotopic (exact) mass is 167 g/mol. The molecule has 0 spiro atoms. The molecule has 0 unspecified atom stereocenters. The minimum atomic E-state index is 0. The van der Waals surface area contributed by atoms with E-state index in [4.69, 9.17) is 4.74 Å². The van der Waals surface area contributed by atoms with Gasteiger partial charge in [-0.15, -0.1) is 0 Å². The molecule has 0 radical (unpaired) electrons. The Morgan fingerprint density at radius 1 is 1.25 bits per heavy atom. The predicted octanol–water partition coefficient (Wildman–Crippen LogP) is 2.81. The smallest absolute Gasteiger partial charge is 0.119 e. The highest BCUT2D eigenvalue weighted by Gasteiger charge is 1.92. The van der Waals surface area contributed by atoms with Crippen molar-refractivity contribution in [2.24, 2.45) is 0 Å². The average Bonchev–Trinajstić information content (AvgIpc) is 2.06. The van der Waals surface area contributed by atoms with E-state index in [-0.39, 0.29) is 6.15 Å². The Labute approximate surface area is 74.1 Å². The summed E-state index contributed by atoms with van der Waals surface area (Å²) in [5, 5.41) is 0. The van der Waals surface area contributed by atoms with Gasteiger partial charge in [-0.05, 0) is 31.0 Å². The predicted molar refractivity (Wildman–Crippen MR) is 52.0 cm³/mol. The molecule has 0 amide bonds. The second kappa shape index (κ2) is 5.61. The quantitative estimate of drug-likeness (QED) is 0.752. The maximum atomic E-state index is 5.35. The number of hydrogen-bond acceptors (Lipinski definition) is 2. The van der Waals surface area contributed by atoms with Gasteiger partial charge >= 0.3 is 0 Å². The van der Waals surface area contributed by atoms with Crippen LogP contribution in [0.1, 0.15) is 19.4 Å². The molecule has 1 rings (SSSR count). The van der Waals surface area contributed by atoms with Crippen LogP contribution in [0.25, 0.3) is 0 Å². The molecule has 0 aliphatic heterocycles. The van der Waals surface area contributed by atoms with Crippen LogP contribution in [-0.4, -0.2) is 6.61 Å². The second-order valence-corrected chi connectivity index (χ2v) is 2.43. The third-order valence-electron chi connectivity index (χ3n) is 1.62.